The van der Waals surface area contributed by atoms with E-state index in [1.807, 2.05) is 0 Å². The first-order chi connectivity index (χ1) is 9.30. The van der Waals surface area contributed by atoms with Gasteiger partial charge in [-0.25, -0.2) is 0 Å². The molecule has 3 rings (SSSR count). The van der Waals surface area contributed by atoms with Crippen molar-refractivity contribution in [3.8, 4) is 0 Å². The molecule has 1 aromatic rings. The molecule has 2 saturated heterocycles. The second-order valence-electron chi connectivity index (χ2n) is 5.04. The van der Waals surface area contributed by atoms with E-state index >= 15 is 0 Å². The van der Waals surface area contributed by atoms with Gasteiger partial charge in [0, 0.05) is 25.1 Å². The van der Waals surface area contributed by atoms with Crippen LogP contribution in [-0.2, 0) is 16.0 Å². The highest BCUT2D eigenvalue weighted by Crippen LogP contribution is 2.40. The van der Waals surface area contributed by atoms with E-state index < -0.39 is 0 Å². The first kappa shape index (κ1) is 13.4. The zero-order valence-electron chi connectivity index (χ0n) is 10.8. The van der Waals surface area contributed by atoms with E-state index in [1.165, 1.54) is 0 Å². The number of ether oxygens (including phenoxy) is 2. The minimum atomic E-state index is 0.00485. The van der Waals surface area contributed by atoms with Crippen LogP contribution in [0.15, 0.2) is 9.64 Å². The van der Waals surface area contributed by atoms with Crippen LogP contribution < -0.4 is 5.73 Å². The fraction of sp³-hybridized carbons (Fsp3) is 0.833. The van der Waals surface area contributed by atoms with Gasteiger partial charge in [-0.15, -0.1) is 10.2 Å². The fourth-order valence-electron chi connectivity index (χ4n) is 2.69. The molecule has 6 nitrogen and oxygen atoms in total. The minimum Gasteiger partial charge on any atom is -0.415 e. The zero-order valence-corrected chi connectivity index (χ0v) is 11.7. The van der Waals surface area contributed by atoms with Crippen molar-refractivity contribution in [2.24, 2.45) is 5.73 Å². The Balaban J connectivity index is 1.61. The van der Waals surface area contributed by atoms with E-state index in [1.54, 1.807) is 11.8 Å². The summed E-state index contributed by atoms with van der Waals surface area (Å²) >= 11 is 1.65. The first-order valence-electron chi connectivity index (χ1n) is 6.70. The molecule has 3 heterocycles. The van der Waals surface area contributed by atoms with Gasteiger partial charge < -0.3 is 19.6 Å². The number of rotatable bonds is 3. The van der Waals surface area contributed by atoms with Crippen LogP contribution in [0.5, 0.6) is 0 Å². The van der Waals surface area contributed by atoms with Crippen LogP contribution in [0.3, 0.4) is 0 Å². The van der Waals surface area contributed by atoms with E-state index in [9.17, 15) is 0 Å². The molecule has 2 fully saturated rings. The maximum Gasteiger partial charge on any atom is 0.276 e. The number of nitrogens with zero attached hydrogens (tertiary/aromatic N) is 2. The highest BCUT2D eigenvalue weighted by Gasteiger charge is 2.39. The van der Waals surface area contributed by atoms with E-state index in [0.717, 1.165) is 45.5 Å². The average Bonchev–Trinajstić information content (AvgIpc) is 2.87. The van der Waals surface area contributed by atoms with Crippen LogP contribution >= 0.6 is 11.8 Å². The topological polar surface area (TPSA) is 83.4 Å². The Labute approximate surface area is 116 Å². The molecular formula is C12H19N3O3S. The summed E-state index contributed by atoms with van der Waals surface area (Å²) in [7, 11) is 0. The predicted molar refractivity (Wildman–Crippen MR) is 69.8 cm³/mol. The predicted octanol–water partition coefficient (Wildman–Crippen LogP) is 1.35. The molecule has 2 N–H and O–H groups in total. The van der Waals surface area contributed by atoms with E-state index in [4.69, 9.17) is 19.6 Å². The van der Waals surface area contributed by atoms with Crippen molar-refractivity contribution < 1.29 is 13.9 Å². The summed E-state index contributed by atoms with van der Waals surface area (Å²) in [5, 5.41) is 9.00. The fourth-order valence-corrected chi connectivity index (χ4v) is 3.80. The summed E-state index contributed by atoms with van der Waals surface area (Å²) in [6.45, 7) is 2.70. The molecular weight excluding hydrogens is 266 g/mol. The molecule has 1 spiro atoms. The van der Waals surface area contributed by atoms with Gasteiger partial charge in [0.15, 0.2) is 0 Å². The Morgan fingerprint density at radius 1 is 1.26 bits per heavy atom. The summed E-state index contributed by atoms with van der Waals surface area (Å²) in [4.78, 5) is 0. The quantitative estimate of drug-likeness (QED) is 0.897. The molecule has 0 aliphatic carbocycles. The number of thioether (sulfide) groups is 1. The highest BCUT2D eigenvalue weighted by molar-refractivity contribution is 7.99. The third kappa shape index (κ3) is 3.10. The molecule has 1 atom stereocenters. The molecule has 0 radical (unpaired) electrons. The summed E-state index contributed by atoms with van der Waals surface area (Å²) in [6, 6.07) is 0. The molecule has 2 aliphatic heterocycles. The Morgan fingerprint density at radius 3 is 2.84 bits per heavy atom. The van der Waals surface area contributed by atoms with Crippen LogP contribution in [0.4, 0.5) is 0 Å². The molecule has 19 heavy (non-hydrogen) atoms. The van der Waals surface area contributed by atoms with Crippen molar-refractivity contribution in [1.82, 2.24) is 10.2 Å². The van der Waals surface area contributed by atoms with Crippen molar-refractivity contribution in [2.75, 3.05) is 19.8 Å². The Morgan fingerprint density at radius 2 is 2.11 bits per heavy atom. The molecule has 106 valence electrons. The van der Waals surface area contributed by atoms with Gasteiger partial charge >= 0.3 is 0 Å². The summed E-state index contributed by atoms with van der Waals surface area (Å²) in [5.74, 6) is 0.496. The average molecular weight is 285 g/mol. The van der Waals surface area contributed by atoms with Crippen LogP contribution in [0.1, 0.15) is 31.6 Å². The van der Waals surface area contributed by atoms with Crippen molar-refractivity contribution in [2.45, 2.75) is 48.3 Å². The van der Waals surface area contributed by atoms with Gasteiger partial charge in [0.25, 0.3) is 5.22 Å². The maximum absolute atomic E-state index is 6.02. The molecule has 1 aromatic heterocycles. The summed E-state index contributed by atoms with van der Waals surface area (Å²) in [6.07, 6.45) is 4.03. The molecule has 0 saturated carbocycles. The largest absolute Gasteiger partial charge is 0.415 e. The maximum atomic E-state index is 6.02. The monoisotopic (exact) mass is 285 g/mol. The number of aromatic nitrogens is 2. The second kappa shape index (κ2) is 5.78. The van der Waals surface area contributed by atoms with Crippen LogP contribution in [0.2, 0.25) is 0 Å². The Kier molecular flexibility index (Phi) is 4.07. The van der Waals surface area contributed by atoms with Gasteiger partial charge in [-0.3, -0.25) is 0 Å². The number of hydrogen-bond donors (Lipinski definition) is 1. The smallest absolute Gasteiger partial charge is 0.276 e. The van der Waals surface area contributed by atoms with E-state index in [2.05, 4.69) is 10.2 Å². The van der Waals surface area contributed by atoms with Gasteiger partial charge in [0.1, 0.15) is 0 Å². The third-order valence-electron chi connectivity index (χ3n) is 3.74. The normalized spacial score (nSPS) is 26.7. The first-order valence-corrected chi connectivity index (χ1v) is 7.58. The lowest BCUT2D eigenvalue weighted by Crippen LogP contribution is -2.45. The number of nitrogens with two attached hydrogens (primary N) is 1. The van der Waals surface area contributed by atoms with Gasteiger partial charge in [-0.1, -0.05) is 11.8 Å². The molecule has 0 bridgehead atoms. The molecule has 0 amide bonds. The minimum absolute atomic E-state index is 0.00485. The lowest BCUT2D eigenvalue weighted by molar-refractivity contribution is -0.131. The van der Waals surface area contributed by atoms with E-state index in [0.29, 0.717) is 22.9 Å². The lowest BCUT2D eigenvalue weighted by atomic mass is 9.86. The second-order valence-corrected chi connectivity index (χ2v) is 6.29. The highest BCUT2D eigenvalue weighted by atomic mass is 32.2. The van der Waals surface area contributed by atoms with Crippen molar-refractivity contribution in [3.63, 3.8) is 0 Å². The van der Waals surface area contributed by atoms with Gasteiger partial charge in [-0.05, 0) is 25.7 Å². The van der Waals surface area contributed by atoms with Crippen LogP contribution in [-0.4, -0.2) is 40.9 Å². The Bertz CT molecular complexity index is 415. The molecule has 7 heteroatoms. The van der Waals surface area contributed by atoms with E-state index in [-0.39, 0.29) is 5.60 Å². The van der Waals surface area contributed by atoms with Gasteiger partial charge in [0.05, 0.1) is 12.1 Å². The molecule has 2 aliphatic rings. The number of hydrogen-bond acceptors (Lipinski definition) is 7. The van der Waals surface area contributed by atoms with Crippen molar-refractivity contribution in [1.29, 1.82) is 0 Å². The van der Waals surface area contributed by atoms with Crippen LogP contribution in [0, 0.1) is 0 Å². The SMILES string of the molecule is NCc1nnc(SC2CCOC3(CCOCC3)C2)o1. The molecule has 1 unspecified atom stereocenters. The summed E-state index contributed by atoms with van der Waals surface area (Å²) in [5.41, 5.74) is 5.47. The van der Waals surface area contributed by atoms with Gasteiger partial charge in [0.2, 0.25) is 5.89 Å². The third-order valence-corrected chi connectivity index (χ3v) is 4.84. The lowest BCUT2D eigenvalue weighted by Gasteiger charge is -2.42. The van der Waals surface area contributed by atoms with Crippen molar-refractivity contribution in [3.05, 3.63) is 5.89 Å². The zero-order chi connectivity index (χ0) is 13.1. The van der Waals surface area contributed by atoms with Crippen LogP contribution in [0.25, 0.3) is 0 Å². The van der Waals surface area contributed by atoms with Crippen molar-refractivity contribution >= 4 is 11.8 Å². The Hall–Kier alpha value is -0.630. The molecule has 0 aromatic carbocycles. The van der Waals surface area contributed by atoms with Gasteiger partial charge in [-0.2, -0.15) is 0 Å². The summed E-state index contributed by atoms with van der Waals surface area (Å²) < 4.78 is 16.9. The standard InChI is InChI=1S/C12H19N3O3S/c13-8-10-14-15-11(18-10)19-9-1-4-17-12(7-9)2-5-16-6-3-12/h9H,1-8,13H2.